The molecule has 2 nitrogen and oxygen atoms in total. The minimum atomic E-state index is 0.0452. The second kappa shape index (κ2) is 5.67. The van der Waals surface area contributed by atoms with Crippen molar-refractivity contribution in [2.45, 2.75) is 45.1 Å². The van der Waals surface area contributed by atoms with Crippen LogP contribution in [-0.4, -0.2) is 11.9 Å². The van der Waals surface area contributed by atoms with E-state index in [-0.39, 0.29) is 5.91 Å². The average Bonchev–Trinajstić information content (AvgIpc) is 2.30. The maximum atomic E-state index is 12.1. The highest BCUT2D eigenvalue weighted by molar-refractivity contribution is 9.10. The van der Waals surface area contributed by atoms with E-state index in [1.165, 1.54) is 19.3 Å². The zero-order valence-corrected chi connectivity index (χ0v) is 11.7. The number of carbonyl (C=O) groups excluding carboxylic acids is 1. The molecule has 1 fully saturated rings. The predicted molar refractivity (Wildman–Crippen MR) is 73.2 cm³/mol. The fourth-order valence-electron chi connectivity index (χ4n) is 2.31. The molecule has 3 heteroatoms. The van der Waals surface area contributed by atoms with Gasteiger partial charge in [-0.15, -0.1) is 0 Å². The van der Waals surface area contributed by atoms with Crippen molar-refractivity contribution in [2.24, 2.45) is 0 Å². The molecule has 1 saturated carbocycles. The van der Waals surface area contributed by atoms with Gasteiger partial charge in [0.1, 0.15) is 0 Å². The van der Waals surface area contributed by atoms with E-state index >= 15 is 0 Å². The molecule has 0 spiro atoms. The van der Waals surface area contributed by atoms with Gasteiger partial charge in [-0.2, -0.15) is 0 Å². The highest BCUT2D eigenvalue weighted by Crippen LogP contribution is 2.21. The van der Waals surface area contributed by atoms with Gasteiger partial charge in [-0.05, 0) is 53.4 Å². The molecular weight excluding hydrogens is 278 g/mol. The predicted octanol–water partition coefficient (Wildman–Crippen LogP) is 3.82. The second-order valence-electron chi connectivity index (χ2n) is 4.79. The summed E-state index contributed by atoms with van der Waals surface area (Å²) < 4.78 is 0.880. The maximum Gasteiger partial charge on any atom is 0.252 e. The van der Waals surface area contributed by atoms with Gasteiger partial charge in [-0.1, -0.05) is 25.3 Å². The smallest absolute Gasteiger partial charge is 0.252 e. The van der Waals surface area contributed by atoms with Crippen LogP contribution in [0.3, 0.4) is 0 Å². The van der Waals surface area contributed by atoms with Crippen molar-refractivity contribution in [3.63, 3.8) is 0 Å². The number of rotatable bonds is 2. The third-order valence-corrected chi connectivity index (χ3v) is 3.97. The fraction of sp³-hybridized carbons (Fsp3) is 0.500. The van der Waals surface area contributed by atoms with Crippen LogP contribution < -0.4 is 5.32 Å². The first kappa shape index (κ1) is 12.6. The third-order valence-electron chi connectivity index (χ3n) is 3.31. The molecule has 0 unspecified atom stereocenters. The Kier molecular flexibility index (Phi) is 4.21. The minimum absolute atomic E-state index is 0.0452. The summed E-state index contributed by atoms with van der Waals surface area (Å²) in [6, 6.07) is 6.21. The first-order valence-electron chi connectivity index (χ1n) is 6.24. The molecule has 1 aliphatic carbocycles. The van der Waals surface area contributed by atoms with E-state index in [0.29, 0.717) is 6.04 Å². The van der Waals surface area contributed by atoms with Crippen LogP contribution in [0, 0.1) is 6.92 Å². The Morgan fingerprint density at radius 2 is 2.00 bits per heavy atom. The first-order chi connectivity index (χ1) is 8.16. The molecule has 2 rings (SSSR count). The first-order valence-corrected chi connectivity index (χ1v) is 7.03. The van der Waals surface area contributed by atoms with Crippen molar-refractivity contribution in [2.75, 3.05) is 0 Å². The van der Waals surface area contributed by atoms with Crippen LogP contribution >= 0.6 is 15.9 Å². The van der Waals surface area contributed by atoms with Crippen molar-refractivity contribution >= 4 is 21.8 Å². The van der Waals surface area contributed by atoms with Crippen LogP contribution in [0.25, 0.3) is 0 Å². The molecule has 0 aliphatic heterocycles. The molecule has 1 amide bonds. The topological polar surface area (TPSA) is 29.1 Å². The number of hydrogen-bond acceptors (Lipinski definition) is 1. The molecule has 0 aromatic heterocycles. The van der Waals surface area contributed by atoms with Crippen molar-refractivity contribution in [3.8, 4) is 0 Å². The Morgan fingerprint density at radius 1 is 1.29 bits per heavy atom. The number of nitrogens with one attached hydrogen (secondary N) is 1. The molecule has 1 aliphatic rings. The van der Waals surface area contributed by atoms with Gasteiger partial charge in [0, 0.05) is 10.5 Å². The lowest BCUT2D eigenvalue weighted by Crippen LogP contribution is -2.36. The number of amides is 1. The molecule has 0 bridgehead atoms. The van der Waals surface area contributed by atoms with E-state index < -0.39 is 0 Å². The van der Waals surface area contributed by atoms with Crippen LogP contribution in [0.2, 0.25) is 0 Å². The molecule has 0 atom stereocenters. The molecule has 1 aromatic rings. The Morgan fingerprint density at radius 3 is 2.65 bits per heavy atom. The van der Waals surface area contributed by atoms with E-state index in [1.807, 2.05) is 25.1 Å². The molecule has 0 radical (unpaired) electrons. The lowest BCUT2D eigenvalue weighted by molar-refractivity contribution is 0.0927. The summed E-state index contributed by atoms with van der Waals surface area (Å²) >= 11 is 3.45. The molecule has 0 saturated heterocycles. The number of benzene rings is 1. The SMILES string of the molecule is Cc1ccc(C(=O)NC2CCCCC2)c(Br)c1. The lowest BCUT2D eigenvalue weighted by atomic mass is 9.95. The Labute approximate surface area is 111 Å². The summed E-state index contributed by atoms with van der Waals surface area (Å²) in [5.74, 6) is 0.0452. The summed E-state index contributed by atoms with van der Waals surface area (Å²) in [4.78, 5) is 12.1. The van der Waals surface area contributed by atoms with Crippen LogP contribution in [0.4, 0.5) is 0 Å². The lowest BCUT2D eigenvalue weighted by Gasteiger charge is -2.23. The van der Waals surface area contributed by atoms with E-state index in [2.05, 4.69) is 21.2 Å². The van der Waals surface area contributed by atoms with Gasteiger partial charge in [0.05, 0.1) is 5.56 Å². The van der Waals surface area contributed by atoms with Gasteiger partial charge in [-0.3, -0.25) is 4.79 Å². The summed E-state index contributed by atoms with van der Waals surface area (Å²) in [7, 11) is 0. The Balaban J connectivity index is 2.03. The third kappa shape index (κ3) is 3.32. The summed E-state index contributed by atoms with van der Waals surface area (Å²) in [5, 5.41) is 3.13. The van der Waals surface area contributed by atoms with Gasteiger partial charge in [0.15, 0.2) is 0 Å². The largest absolute Gasteiger partial charge is 0.349 e. The number of halogens is 1. The normalized spacial score (nSPS) is 16.8. The summed E-state index contributed by atoms with van der Waals surface area (Å²) in [5.41, 5.74) is 1.90. The van der Waals surface area contributed by atoms with E-state index in [0.717, 1.165) is 28.4 Å². The van der Waals surface area contributed by atoms with E-state index in [9.17, 15) is 4.79 Å². The Hall–Kier alpha value is -0.830. The zero-order valence-electron chi connectivity index (χ0n) is 10.1. The zero-order chi connectivity index (χ0) is 12.3. The van der Waals surface area contributed by atoms with Gasteiger partial charge in [0.25, 0.3) is 5.91 Å². The summed E-state index contributed by atoms with van der Waals surface area (Å²) in [6.45, 7) is 2.02. The van der Waals surface area contributed by atoms with Crippen molar-refractivity contribution in [1.82, 2.24) is 5.32 Å². The van der Waals surface area contributed by atoms with Gasteiger partial charge >= 0.3 is 0 Å². The van der Waals surface area contributed by atoms with Crippen LogP contribution in [-0.2, 0) is 0 Å². The standard InChI is InChI=1S/C14H18BrNO/c1-10-7-8-12(13(15)9-10)14(17)16-11-5-3-2-4-6-11/h7-9,11H,2-6H2,1H3,(H,16,17). The van der Waals surface area contributed by atoms with Crippen molar-refractivity contribution in [3.05, 3.63) is 33.8 Å². The number of hydrogen-bond donors (Lipinski definition) is 1. The van der Waals surface area contributed by atoms with Gasteiger partial charge in [0.2, 0.25) is 0 Å². The van der Waals surface area contributed by atoms with Gasteiger partial charge in [-0.25, -0.2) is 0 Å². The Bertz CT molecular complexity index is 411. The second-order valence-corrected chi connectivity index (χ2v) is 5.65. The fourth-order valence-corrected chi connectivity index (χ4v) is 2.99. The quantitative estimate of drug-likeness (QED) is 0.883. The monoisotopic (exact) mass is 295 g/mol. The molecule has 1 aromatic carbocycles. The molecular formula is C14H18BrNO. The molecule has 1 N–H and O–H groups in total. The van der Waals surface area contributed by atoms with Crippen molar-refractivity contribution < 1.29 is 4.79 Å². The van der Waals surface area contributed by atoms with Gasteiger partial charge < -0.3 is 5.32 Å². The summed E-state index contributed by atoms with van der Waals surface area (Å²) in [6.07, 6.45) is 6.02. The van der Waals surface area contributed by atoms with E-state index in [4.69, 9.17) is 0 Å². The van der Waals surface area contributed by atoms with Crippen LogP contribution in [0.15, 0.2) is 22.7 Å². The van der Waals surface area contributed by atoms with Crippen LogP contribution in [0.1, 0.15) is 48.0 Å². The maximum absolute atomic E-state index is 12.1. The number of carbonyl (C=O) groups is 1. The van der Waals surface area contributed by atoms with Crippen molar-refractivity contribution in [1.29, 1.82) is 0 Å². The highest BCUT2D eigenvalue weighted by Gasteiger charge is 2.17. The molecule has 0 heterocycles. The molecule has 92 valence electrons. The highest BCUT2D eigenvalue weighted by atomic mass is 79.9. The average molecular weight is 296 g/mol. The number of aryl methyl sites for hydroxylation is 1. The minimum Gasteiger partial charge on any atom is -0.349 e. The molecule has 17 heavy (non-hydrogen) atoms. The van der Waals surface area contributed by atoms with E-state index in [1.54, 1.807) is 0 Å². The van der Waals surface area contributed by atoms with Crippen LogP contribution in [0.5, 0.6) is 0 Å².